The molecule has 0 spiro atoms. The minimum atomic E-state index is -3.39. The van der Waals surface area contributed by atoms with Gasteiger partial charge in [0.25, 0.3) is 5.91 Å². The van der Waals surface area contributed by atoms with Crippen LogP contribution in [0, 0.1) is 5.82 Å². The summed E-state index contributed by atoms with van der Waals surface area (Å²) >= 11 is 0. The number of hydrogen-bond acceptors (Lipinski definition) is 4. The quantitative estimate of drug-likeness (QED) is 0.660. The minimum absolute atomic E-state index is 0. The highest BCUT2D eigenvalue weighted by molar-refractivity contribution is 7.92. The maximum atomic E-state index is 14.6. The summed E-state index contributed by atoms with van der Waals surface area (Å²) < 4.78 is 40.6. The van der Waals surface area contributed by atoms with Gasteiger partial charge in [0.1, 0.15) is 5.82 Å². The van der Waals surface area contributed by atoms with Gasteiger partial charge >= 0.3 is 0 Å². The maximum absolute atomic E-state index is 14.6. The van der Waals surface area contributed by atoms with Gasteiger partial charge in [-0.2, -0.15) is 0 Å². The number of anilines is 2. The molecule has 3 N–H and O–H groups in total. The summed E-state index contributed by atoms with van der Waals surface area (Å²) in [6, 6.07) is 9.39. The predicted octanol–water partition coefficient (Wildman–Crippen LogP) is 3.30. The second-order valence-electron chi connectivity index (χ2n) is 6.44. The largest absolute Gasteiger partial charge is 0.319 e. The summed E-state index contributed by atoms with van der Waals surface area (Å²) in [5, 5.41) is 5.77. The summed E-state index contributed by atoms with van der Waals surface area (Å²) in [6.45, 7) is 3.11. The highest BCUT2D eigenvalue weighted by Gasteiger charge is 2.18. The summed E-state index contributed by atoms with van der Waals surface area (Å²) in [5.74, 6) is -0.820. The molecule has 0 atom stereocenters. The topological polar surface area (TPSA) is 87.3 Å². The average Bonchev–Trinajstić information content (AvgIpc) is 2.64. The fraction of sp³-hybridized carbons (Fsp3) is 0.316. The molecule has 1 amide bonds. The zero-order chi connectivity index (χ0) is 19.4. The Morgan fingerprint density at radius 3 is 2.57 bits per heavy atom. The molecule has 1 aliphatic heterocycles. The van der Waals surface area contributed by atoms with Crippen molar-refractivity contribution >= 4 is 39.7 Å². The second kappa shape index (κ2) is 9.36. The minimum Gasteiger partial charge on any atom is -0.319 e. The van der Waals surface area contributed by atoms with Crippen LogP contribution in [0.5, 0.6) is 0 Å². The molecule has 6 nitrogen and oxygen atoms in total. The zero-order valence-corrected chi connectivity index (χ0v) is 17.1. The van der Waals surface area contributed by atoms with E-state index in [-0.39, 0.29) is 23.8 Å². The van der Waals surface area contributed by atoms with E-state index in [4.69, 9.17) is 0 Å². The maximum Gasteiger partial charge on any atom is 0.255 e. The molecule has 0 unspecified atom stereocenters. The standard InChI is InChI=1S/C19H22FN3O3S.ClH/c1-2-11-27(25,26)23-15-6-3-13(4-7-15)19(24)22-17-8-5-14-12-21-10-9-16(14)18(17)20;/h3-8,21,23H,2,9-12H2,1H3,(H,22,24);1H. The number of carbonyl (C=O) groups is 1. The van der Waals surface area contributed by atoms with E-state index in [1.165, 1.54) is 24.3 Å². The Kier molecular flexibility index (Phi) is 7.40. The van der Waals surface area contributed by atoms with Crippen molar-refractivity contribution in [2.75, 3.05) is 22.3 Å². The van der Waals surface area contributed by atoms with Crippen LogP contribution in [-0.2, 0) is 23.0 Å². The molecule has 0 aliphatic carbocycles. The number of nitrogens with one attached hydrogen (secondary N) is 3. The van der Waals surface area contributed by atoms with Crippen LogP contribution in [0.2, 0.25) is 0 Å². The number of amides is 1. The van der Waals surface area contributed by atoms with Crippen LogP contribution in [0.3, 0.4) is 0 Å². The van der Waals surface area contributed by atoms with Crippen molar-refractivity contribution in [1.29, 1.82) is 0 Å². The van der Waals surface area contributed by atoms with Crippen LogP contribution < -0.4 is 15.4 Å². The van der Waals surface area contributed by atoms with Gasteiger partial charge in [0, 0.05) is 17.8 Å². The fourth-order valence-corrected chi connectivity index (χ4v) is 4.15. The monoisotopic (exact) mass is 427 g/mol. The lowest BCUT2D eigenvalue weighted by Gasteiger charge is -2.19. The molecule has 2 aromatic carbocycles. The van der Waals surface area contributed by atoms with E-state index in [9.17, 15) is 17.6 Å². The van der Waals surface area contributed by atoms with Gasteiger partial charge in [0.05, 0.1) is 11.4 Å². The third-order valence-electron chi connectivity index (χ3n) is 4.35. The van der Waals surface area contributed by atoms with E-state index in [0.29, 0.717) is 42.7 Å². The van der Waals surface area contributed by atoms with E-state index >= 15 is 0 Å². The van der Waals surface area contributed by atoms with Gasteiger partial charge in [-0.3, -0.25) is 9.52 Å². The summed E-state index contributed by atoms with van der Waals surface area (Å²) in [4.78, 5) is 12.4. The number of sulfonamides is 1. The molecule has 0 aromatic heterocycles. The molecule has 1 heterocycles. The van der Waals surface area contributed by atoms with Crippen molar-refractivity contribution in [3.8, 4) is 0 Å². The first-order valence-electron chi connectivity index (χ1n) is 8.82. The van der Waals surface area contributed by atoms with Crippen molar-refractivity contribution in [2.45, 2.75) is 26.3 Å². The van der Waals surface area contributed by atoms with Crippen molar-refractivity contribution in [3.63, 3.8) is 0 Å². The van der Waals surface area contributed by atoms with Gasteiger partial charge in [-0.1, -0.05) is 13.0 Å². The number of halogens is 2. The Hall–Kier alpha value is -2.16. The predicted molar refractivity (Wildman–Crippen MR) is 111 cm³/mol. The highest BCUT2D eigenvalue weighted by Crippen LogP contribution is 2.25. The SMILES string of the molecule is CCCS(=O)(=O)Nc1ccc(C(=O)Nc2ccc3c(c2F)CCNC3)cc1.Cl. The first-order chi connectivity index (χ1) is 12.9. The Morgan fingerprint density at radius 2 is 1.89 bits per heavy atom. The second-order valence-corrected chi connectivity index (χ2v) is 8.29. The molecule has 0 saturated heterocycles. The fourth-order valence-electron chi connectivity index (χ4n) is 3.01. The van der Waals surface area contributed by atoms with Crippen LogP contribution in [0.25, 0.3) is 0 Å². The number of hydrogen-bond donors (Lipinski definition) is 3. The summed E-state index contributed by atoms with van der Waals surface area (Å²) in [5.41, 5.74) is 2.38. The molecular weight excluding hydrogens is 405 g/mol. The molecule has 28 heavy (non-hydrogen) atoms. The van der Waals surface area contributed by atoms with Gasteiger partial charge in [0.15, 0.2) is 0 Å². The molecule has 0 bridgehead atoms. The summed E-state index contributed by atoms with van der Waals surface area (Å²) in [6.07, 6.45) is 1.09. The third-order valence-corrected chi connectivity index (χ3v) is 5.84. The van der Waals surface area contributed by atoms with Gasteiger partial charge in [-0.15, -0.1) is 12.4 Å². The Bertz CT molecular complexity index is 950. The van der Waals surface area contributed by atoms with E-state index in [2.05, 4.69) is 15.4 Å². The van der Waals surface area contributed by atoms with E-state index in [1.807, 2.05) is 6.07 Å². The van der Waals surface area contributed by atoms with Crippen LogP contribution in [0.15, 0.2) is 36.4 Å². The number of benzene rings is 2. The van der Waals surface area contributed by atoms with Crippen LogP contribution in [0.4, 0.5) is 15.8 Å². The smallest absolute Gasteiger partial charge is 0.255 e. The first-order valence-corrected chi connectivity index (χ1v) is 10.5. The molecule has 0 saturated carbocycles. The highest BCUT2D eigenvalue weighted by atomic mass is 35.5. The number of carbonyl (C=O) groups excluding carboxylic acids is 1. The number of rotatable bonds is 6. The summed E-state index contributed by atoms with van der Waals surface area (Å²) in [7, 11) is -3.39. The average molecular weight is 428 g/mol. The zero-order valence-electron chi connectivity index (χ0n) is 15.4. The Balaban J connectivity index is 0.00000280. The third kappa shape index (κ3) is 5.21. The molecule has 2 aromatic rings. The molecule has 3 rings (SSSR count). The Labute approximate surface area is 170 Å². The number of fused-ring (bicyclic) bond motifs is 1. The molecule has 1 aliphatic rings. The molecule has 9 heteroatoms. The van der Waals surface area contributed by atoms with E-state index in [1.54, 1.807) is 13.0 Å². The Morgan fingerprint density at radius 1 is 1.18 bits per heavy atom. The van der Waals surface area contributed by atoms with Crippen molar-refractivity contribution in [2.24, 2.45) is 0 Å². The lowest BCUT2D eigenvalue weighted by Crippen LogP contribution is -2.25. The van der Waals surface area contributed by atoms with Gasteiger partial charge in [-0.05, 0) is 60.8 Å². The molecule has 0 fully saturated rings. The first kappa shape index (κ1) is 22.1. The van der Waals surface area contributed by atoms with Crippen LogP contribution >= 0.6 is 12.4 Å². The molecule has 0 radical (unpaired) electrons. The van der Waals surface area contributed by atoms with Gasteiger partial charge in [0.2, 0.25) is 10.0 Å². The lowest BCUT2D eigenvalue weighted by atomic mass is 9.99. The van der Waals surface area contributed by atoms with Crippen molar-refractivity contribution < 1.29 is 17.6 Å². The van der Waals surface area contributed by atoms with Crippen molar-refractivity contribution in [1.82, 2.24) is 5.32 Å². The van der Waals surface area contributed by atoms with E-state index < -0.39 is 21.7 Å². The lowest BCUT2D eigenvalue weighted by molar-refractivity contribution is 0.102. The van der Waals surface area contributed by atoms with E-state index in [0.717, 1.165) is 5.56 Å². The normalized spacial score (nSPS) is 13.2. The van der Waals surface area contributed by atoms with Crippen LogP contribution in [-0.4, -0.2) is 26.6 Å². The van der Waals surface area contributed by atoms with Crippen molar-refractivity contribution in [3.05, 3.63) is 58.9 Å². The molecular formula is C19H23ClFN3O3S. The molecule has 152 valence electrons. The van der Waals surface area contributed by atoms with Gasteiger partial charge < -0.3 is 10.6 Å². The van der Waals surface area contributed by atoms with Crippen LogP contribution in [0.1, 0.15) is 34.8 Å². The van der Waals surface area contributed by atoms with Gasteiger partial charge in [-0.25, -0.2) is 12.8 Å².